The smallest absolute Gasteiger partial charge is 0.369 e. The molecule has 1 aromatic heterocycles. The van der Waals surface area contributed by atoms with Crippen LogP contribution in [0.1, 0.15) is 26.3 Å². The summed E-state index contributed by atoms with van der Waals surface area (Å²) in [6, 6.07) is 1.77. The van der Waals surface area contributed by atoms with E-state index < -0.39 is 11.7 Å². The van der Waals surface area contributed by atoms with Crippen LogP contribution in [0.4, 0.5) is 19.0 Å². The molecule has 0 fully saturated rings. The van der Waals surface area contributed by atoms with Gasteiger partial charge in [-0.05, 0) is 17.5 Å². The quantitative estimate of drug-likeness (QED) is 0.811. The Kier molecular flexibility index (Phi) is 3.91. The summed E-state index contributed by atoms with van der Waals surface area (Å²) in [6.07, 6.45) is -4.41. The third-order valence-corrected chi connectivity index (χ3v) is 2.11. The lowest BCUT2D eigenvalue weighted by Gasteiger charge is -2.19. The van der Waals surface area contributed by atoms with Crippen molar-refractivity contribution in [2.45, 2.75) is 26.9 Å². The fraction of sp³-hybridized carbons (Fsp3) is 0.545. The molecule has 0 unspecified atom stereocenters. The molecule has 96 valence electrons. The number of pyridine rings is 1. The van der Waals surface area contributed by atoms with Gasteiger partial charge >= 0.3 is 6.18 Å². The SMILES string of the molecule is CC(C)(C)CNc1cc(C(F)(F)F)cc(Cl)n1. The molecular formula is C11H14ClF3N2. The number of anilines is 1. The third-order valence-electron chi connectivity index (χ3n) is 1.92. The molecule has 0 aliphatic rings. The van der Waals surface area contributed by atoms with E-state index in [4.69, 9.17) is 11.6 Å². The van der Waals surface area contributed by atoms with Gasteiger partial charge in [0.1, 0.15) is 11.0 Å². The second-order valence-corrected chi connectivity index (χ2v) is 5.36. The van der Waals surface area contributed by atoms with Crippen LogP contribution in [-0.4, -0.2) is 11.5 Å². The molecular weight excluding hydrogens is 253 g/mol. The standard InChI is InChI=1S/C11H14ClF3N2/c1-10(2,3)6-16-9-5-7(11(13,14)15)4-8(12)17-9/h4-5H,6H2,1-3H3,(H,16,17). The van der Waals surface area contributed by atoms with Crippen LogP contribution >= 0.6 is 11.6 Å². The number of hydrogen-bond donors (Lipinski definition) is 1. The molecule has 0 saturated heterocycles. The number of hydrogen-bond acceptors (Lipinski definition) is 2. The summed E-state index contributed by atoms with van der Waals surface area (Å²) in [5.41, 5.74) is -0.850. The average Bonchev–Trinajstić information content (AvgIpc) is 2.11. The highest BCUT2D eigenvalue weighted by molar-refractivity contribution is 6.29. The van der Waals surface area contributed by atoms with E-state index in [0.29, 0.717) is 6.54 Å². The highest BCUT2D eigenvalue weighted by Crippen LogP contribution is 2.32. The fourth-order valence-corrected chi connectivity index (χ4v) is 1.32. The van der Waals surface area contributed by atoms with Crippen molar-refractivity contribution in [3.8, 4) is 0 Å². The Morgan fingerprint density at radius 3 is 2.29 bits per heavy atom. The number of alkyl halides is 3. The minimum atomic E-state index is -4.41. The van der Waals surface area contributed by atoms with Crippen LogP contribution in [0.3, 0.4) is 0 Å². The maximum atomic E-state index is 12.5. The van der Waals surface area contributed by atoms with Gasteiger partial charge in [0.25, 0.3) is 0 Å². The number of halogens is 4. The summed E-state index contributed by atoms with van der Waals surface area (Å²) < 4.78 is 37.5. The maximum Gasteiger partial charge on any atom is 0.416 e. The van der Waals surface area contributed by atoms with Gasteiger partial charge in [-0.25, -0.2) is 4.98 Å². The van der Waals surface area contributed by atoms with E-state index in [1.807, 2.05) is 20.8 Å². The molecule has 1 N–H and O–H groups in total. The Morgan fingerprint density at radius 2 is 1.82 bits per heavy atom. The normalized spacial score (nSPS) is 12.6. The Balaban J connectivity index is 2.91. The second kappa shape index (κ2) is 4.72. The lowest BCUT2D eigenvalue weighted by atomic mass is 9.97. The van der Waals surface area contributed by atoms with Gasteiger partial charge in [0.05, 0.1) is 5.56 Å². The van der Waals surface area contributed by atoms with Crippen LogP contribution in [0.25, 0.3) is 0 Å². The fourth-order valence-electron chi connectivity index (χ4n) is 1.11. The van der Waals surface area contributed by atoms with Gasteiger partial charge in [-0.3, -0.25) is 0 Å². The van der Waals surface area contributed by atoms with Crippen molar-refractivity contribution in [1.82, 2.24) is 4.98 Å². The van der Waals surface area contributed by atoms with Crippen LogP contribution in [0.15, 0.2) is 12.1 Å². The molecule has 0 spiro atoms. The van der Waals surface area contributed by atoms with Crippen LogP contribution in [0.5, 0.6) is 0 Å². The van der Waals surface area contributed by atoms with Gasteiger partial charge in [-0.1, -0.05) is 32.4 Å². The predicted octanol–water partition coefficient (Wildman–Crippen LogP) is 4.21. The van der Waals surface area contributed by atoms with Crippen molar-refractivity contribution in [1.29, 1.82) is 0 Å². The molecule has 1 rings (SSSR count). The first-order chi connectivity index (χ1) is 7.58. The molecule has 1 aromatic rings. The van der Waals surface area contributed by atoms with Crippen LogP contribution < -0.4 is 5.32 Å². The molecule has 0 saturated carbocycles. The summed E-state index contributed by atoms with van der Waals surface area (Å²) >= 11 is 5.55. The molecule has 2 nitrogen and oxygen atoms in total. The first kappa shape index (κ1) is 14.1. The topological polar surface area (TPSA) is 24.9 Å². The molecule has 0 aromatic carbocycles. The molecule has 17 heavy (non-hydrogen) atoms. The third kappa shape index (κ3) is 4.81. The van der Waals surface area contributed by atoms with Gasteiger partial charge in [0, 0.05) is 6.54 Å². The first-order valence-corrected chi connectivity index (χ1v) is 5.44. The minimum absolute atomic E-state index is 0.0532. The minimum Gasteiger partial charge on any atom is -0.369 e. The van der Waals surface area contributed by atoms with Crippen molar-refractivity contribution in [2.24, 2.45) is 5.41 Å². The van der Waals surface area contributed by atoms with Crippen LogP contribution in [0, 0.1) is 5.41 Å². The van der Waals surface area contributed by atoms with Crippen molar-refractivity contribution in [3.63, 3.8) is 0 Å². The molecule has 0 bridgehead atoms. The van der Waals surface area contributed by atoms with Gasteiger partial charge in [0.2, 0.25) is 0 Å². The van der Waals surface area contributed by atoms with E-state index in [9.17, 15) is 13.2 Å². The zero-order valence-corrected chi connectivity index (χ0v) is 10.6. The summed E-state index contributed by atoms with van der Waals surface area (Å²) in [5, 5.41) is 2.67. The van der Waals surface area contributed by atoms with Crippen LogP contribution in [-0.2, 0) is 6.18 Å². The summed E-state index contributed by atoms with van der Waals surface area (Å²) in [4.78, 5) is 3.80. The van der Waals surface area contributed by atoms with E-state index in [1.165, 1.54) is 0 Å². The summed E-state index contributed by atoms with van der Waals surface area (Å²) in [7, 11) is 0. The Bertz CT molecular complexity index is 397. The Labute approximate surface area is 103 Å². The number of nitrogens with zero attached hydrogens (tertiary/aromatic N) is 1. The van der Waals surface area contributed by atoms with Crippen molar-refractivity contribution >= 4 is 17.4 Å². The molecule has 0 atom stereocenters. The summed E-state index contributed by atoms with van der Waals surface area (Å²) in [5.74, 6) is 0.139. The van der Waals surface area contributed by atoms with Gasteiger partial charge in [0.15, 0.2) is 0 Å². The zero-order valence-electron chi connectivity index (χ0n) is 9.82. The highest BCUT2D eigenvalue weighted by Gasteiger charge is 2.31. The van der Waals surface area contributed by atoms with Gasteiger partial charge < -0.3 is 5.32 Å². The molecule has 0 amide bonds. The van der Waals surface area contributed by atoms with E-state index in [-0.39, 0.29) is 16.4 Å². The first-order valence-electron chi connectivity index (χ1n) is 5.06. The van der Waals surface area contributed by atoms with E-state index in [2.05, 4.69) is 10.3 Å². The van der Waals surface area contributed by atoms with Crippen molar-refractivity contribution in [3.05, 3.63) is 22.8 Å². The molecule has 6 heteroatoms. The maximum absolute atomic E-state index is 12.5. The highest BCUT2D eigenvalue weighted by atomic mass is 35.5. The largest absolute Gasteiger partial charge is 0.416 e. The monoisotopic (exact) mass is 266 g/mol. The zero-order chi connectivity index (χ0) is 13.3. The predicted molar refractivity (Wildman–Crippen MR) is 62.2 cm³/mol. The molecule has 1 heterocycles. The molecule has 0 aliphatic carbocycles. The van der Waals surface area contributed by atoms with E-state index in [1.54, 1.807) is 0 Å². The van der Waals surface area contributed by atoms with E-state index in [0.717, 1.165) is 12.1 Å². The second-order valence-electron chi connectivity index (χ2n) is 4.98. The van der Waals surface area contributed by atoms with E-state index >= 15 is 0 Å². The number of aromatic nitrogens is 1. The Hall–Kier alpha value is -0.970. The van der Waals surface area contributed by atoms with Gasteiger partial charge in [-0.2, -0.15) is 13.2 Å². The number of nitrogens with one attached hydrogen (secondary N) is 1. The number of rotatable bonds is 2. The Morgan fingerprint density at radius 1 is 1.24 bits per heavy atom. The lowest BCUT2D eigenvalue weighted by molar-refractivity contribution is -0.137. The lowest BCUT2D eigenvalue weighted by Crippen LogP contribution is -2.20. The van der Waals surface area contributed by atoms with Gasteiger partial charge in [-0.15, -0.1) is 0 Å². The van der Waals surface area contributed by atoms with Crippen molar-refractivity contribution in [2.75, 3.05) is 11.9 Å². The summed E-state index contributed by atoms with van der Waals surface area (Å²) in [6.45, 7) is 6.41. The van der Waals surface area contributed by atoms with Crippen molar-refractivity contribution < 1.29 is 13.2 Å². The van der Waals surface area contributed by atoms with Crippen LogP contribution in [0.2, 0.25) is 5.15 Å². The average molecular weight is 267 g/mol. The molecule has 0 radical (unpaired) electrons. The molecule has 0 aliphatic heterocycles.